The lowest BCUT2D eigenvalue weighted by Crippen LogP contribution is -2.46. The summed E-state index contributed by atoms with van der Waals surface area (Å²) in [7, 11) is 0. The van der Waals surface area contributed by atoms with E-state index in [-0.39, 0.29) is 12.1 Å². The third-order valence-electron chi connectivity index (χ3n) is 4.06. The summed E-state index contributed by atoms with van der Waals surface area (Å²) in [5.74, 6) is 0. The number of fused-ring (bicyclic) bond motifs is 1. The van der Waals surface area contributed by atoms with Crippen molar-refractivity contribution in [2.75, 3.05) is 13.2 Å². The molecule has 1 aliphatic rings. The molecule has 4 nitrogen and oxygen atoms in total. The molecule has 20 heavy (non-hydrogen) atoms. The Morgan fingerprint density at radius 3 is 3.10 bits per heavy atom. The minimum Gasteiger partial charge on any atom is -0.394 e. The van der Waals surface area contributed by atoms with Crippen molar-refractivity contribution in [2.24, 2.45) is 0 Å². The van der Waals surface area contributed by atoms with Crippen LogP contribution in [0.1, 0.15) is 26.2 Å². The Balaban J connectivity index is 1.69. The fourth-order valence-corrected chi connectivity index (χ4v) is 4.33. The van der Waals surface area contributed by atoms with Crippen LogP contribution in [0.25, 0.3) is 11.0 Å². The quantitative estimate of drug-likeness (QED) is 0.792. The number of para-hydroxylation sites is 2. The molecular formula is C15H21N3OS. The van der Waals surface area contributed by atoms with Gasteiger partial charge in [0.2, 0.25) is 0 Å². The highest BCUT2D eigenvalue weighted by atomic mass is 32.2. The Morgan fingerprint density at radius 2 is 2.35 bits per heavy atom. The minimum atomic E-state index is -0.0849. The summed E-state index contributed by atoms with van der Waals surface area (Å²) < 4.78 is 0. The molecule has 1 heterocycles. The second kappa shape index (κ2) is 5.76. The molecule has 0 amide bonds. The van der Waals surface area contributed by atoms with Gasteiger partial charge in [-0.05, 0) is 37.9 Å². The molecule has 0 bridgehead atoms. The van der Waals surface area contributed by atoms with Crippen LogP contribution in [0.3, 0.4) is 0 Å². The number of benzene rings is 1. The number of nitrogens with zero attached hydrogens (tertiary/aromatic N) is 1. The normalized spacial score (nSPS) is 26.4. The highest BCUT2D eigenvalue weighted by molar-refractivity contribution is 7.99. The van der Waals surface area contributed by atoms with Gasteiger partial charge in [0, 0.05) is 10.8 Å². The first kappa shape index (κ1) is 13.9. The Bertz CT molecular complexity index is 552. The fraction of sp³-hybridized carbons (Fsp3) is 0.533. The van der Waals surface area contributed by atoms with Gasteiger partial charge in [-0.1, -0.05) is 30.8 Å². The van der Waals surface area contributed by atoms with Crippen LogP contribution >= 0.6 is 11.8 Å². The van der Waals surface area contributed by atoms with Gasteiger partial charge in [0.1, 0.15) is 0 Å². The number of aliphatic hydroxyl groups is 1. The van der Waals surface area contributed by atoms with Crippen LogP contribution in [0.4, 0.5) is 0 Å². The van der Waals surface area contributed by atoms with Crippen LogP contribution in [0.15, 0.2) is 29.4 Å². The first-order chi connectivity index (χ1) is 9.74. The van der Waals surface area contributed by atoms with E-state index in [4.69, 9.17) is 0 Å². The summed E-state index contributed by atoms with van der Waals surface area (Å²) in [5.41, 5.74) is 2.03. The topological polar surface area (TPSA) is 60.9 Å². The predicted octanol–water partition coefficient (Wildman–Crippen LogP) is 2.55. The zero-order valence-corrected chi connectivity index (χ0v) is 12.5. The van der Waals surface area contributed by atoms with Crippen molar-refractivity contribution < 1.29 is 5.11 Å². The molecular weight excluding hydrogens is 270 g/mol. The van der Waals surface area contributed by atoms with E-state index in [9.17, 15) is 5.11 Å². The maximum Gasteiger partial charge on any atom is 0.166 e. The number of rotatable bonds is 5. The minimum absolute atomic E-state index is 0.0849. The van der Waals surface area contributed by atoms with Crippen LogP contribution in [-0.4, -0.2) is 39.0 Å². The highest BCUT2D eigenvalue weighted by Crippen LogP contribution is 2.39. The van der Waals surface area contributed by atoms with Crippen molar-refractivity contribution in [1.29, 1.82) is 0 Å². The maximum atomic E-state index is 9.65. The van der Waals surface area contributed by atoms with Crippen LogP contribution in [-0.2, 0) is 0 Å². The molecule has 2 atom stereocenters. The first-order valence-corrected chi connectivity index (χ1v) is 8.10. The van der Waals surface area contributed by atoms with Crippen molar-refractivity contribution in [3.8, 4) is 0 Å². The molecule has 0 spiro atoms. The van der Waals surface area contributed by atoms with Gasteiger partial charge in [0.15, 0.2) is 5.16 Å². The van der Waals surface area contributed by atoms with Crippen molar-refractivity contribution in [3.05, 3.63) is 24.3 Å². The molecule has 1 aromatic heterocycles. The number of aliphatic hydroxyl groups excluding tert-OH is 1. The number of hydrogen-bond acceptors (Lipinski definition) is 4. The SMILES string of the molecule is CCNC1(CO)CCC(Sc2nc3ccccc3[nH]2)C1. The van der Waals surface area contributed by atoms with E-state index in [0.29, 0.717) is 5.25 Å². The average Bonchev–Trinajstić information content (AvgIpc) is 3.04. The smallest absolute Gasteiger partial charge is 0.166 e. The third kappa shape index (κ3) is 2.71. The van der Waals surface area contributed by atoms with Crippen LogP contribution in [0.2, 0.25) is 0 Å². The summed E-state index contributed by atoms with van der Waals surface area (Å²) >= 11 is 1.80. The molecule has 2 unspecified atom stereocenters. The summed E-state index contributed by atoms with van der Waals surface area (Å²) in [6.07, 6.45) is 3.16. The van der Waals surface area contributed by atoms with Crippen molar-refractivity contribution in [3.63, 3.8) is 0 Å². The average molecular weight is 291 g/mol. The summed E-state index contributed by atoms with van der Waals surface area (Å²) in [5, 5.41) is 14.6. The Kier molecular flexibility index (Phi) is 4.01. The van der Waals surface area contributed by atoms with Crippen molar-refractivity contribution >= 4 is 22.8 Å². The number of nitrogens with one attached hydrogen (secondary N) is 2. The molecule has 108 valence electrons. The van der Waals surface area contributed by atoms with Gasteiger partial charge in [-0.25, -0.2) is 4.98 Å². The second-order valence-corrected chi connectivity index (χ2v) is 6.80. The van der Waals surface area contributed by atoms with Crippen molar-refractivity contribution in [2.45, 2.75) is 42.1 Å². The van der Waals surface area contributed by atoms with Crippen LogP contribution in [0, 0.1) is 0 Å². The van der Waals surface area contributed by atoms with E-state index in [1.807, 2.05) is 18.2 Å². The third-order valence-corrected chi connectivity index (χ3v) is 5.22. The molecule has 1 saturated carbocycles. The summed E-state index contributed by atoms with van der Waals surface area (Å²) in [4.78, 5) is 7.99. The molecule has 0 aliphatic heterocycles. The number of H-pyrrole nitrogens is 1. The maximum absolute atomic E-state index is 9.65. The van der Waals surface area contributed by atoms with E-state index in [0.717, 1.165) is 42.0 Å². The van der Waals surface area contributed by atoms with E-state index in [1.165, 1.54) is 0 Å². The molecule has 3 N–H and O–H groups in total. The van der Waals surface area contributed by atoms with E-state index in [2.05, 4.69) is 28.3 Å². The zero-order chi connectivity index (χ0) is 14.0. The Morgan fingerprint density at radius 1 is 1.50 bits per heavy atom. The molecule has 1 aromatic carbocycles. The lowest BCUT2D eigenvalue weighted by atomic mass is 9.99. The number of likely N-dealkylation sites (N-methyl/N-ethyl adjacent to an activating group) is 1. The molecule has 3 rings (SSSR count). The molecule has 0 saturated heterocycles. The van der Waals surface area contributed by atoms with Gasteiger partial charge in [0.05, 0.1) is 17.6 Å². The first-order valence-electron chi connectivity index (χ1n) is 7.22. The molecule has 0 radical (unpaired) electrons. The Hall–Kier alpha value is -1.04. The molecule has 1 aliphatic carbocycles. The number of aromatic amines is 1. The lowest BCUT2D eigenvalue weighted by molar-refractivity contribution is 0.167. The number of hydrogen-bond donors (Lipinski definition) is 3. The lowest BCUT2D eigenvalue weighted by Gasteiger charge is -2.27. The van der Waals surface area contributed by atoms with E-state index in [1.54, 1.807) is 11.8 Å². The second-order valence-electron chi connectivity index (χ2n) is 5.51. The number of aromatic nitrogens is 2. The predicted molar refractivity (Wildman–Crippen MR) is 83.1 cm³/mol. The standard InChI is InChI=1S/C15H21N3OS/c1-2-16-15(10-19)8-7-11(9-15)20-14-17-12-5-3-4-6-13(12)18-14/h3-6,11,16,19H,2,7-10H2,1H3,(H,17,18). The number of thioether (sulfide) groups is 1. The van der Waals surface area contributed by atoms with Crippen LogP contribution < -0.4 is 5.32 Å². The van der Waals surface area contributed by atoms with Crippen LogP contribution in [0.5, 0.6) is 0 Å². The largest absolute Gasteiger partial charge is 0.394 e. The van der Waals surface area contributed by atoms with Gasteiger partial charge in [-0.2, -0.15) is 0 Å². The number of imidazole rings is 1. The molecule has 2 aromatic rings. The fourth-order valence-electron chi connectivity index (χ4n) is 3.06. The molecule has 1 fully saturated rings. The van der Waals surface area contributed by atoms with Gasteiger partial charge in [-0.15, -0.1) is 0 Å². The summed E-state index contributed by atoms with van der Waals surface area (Å²) in [6.45, 7) is 3.22. The molecule has 5 heteroatoms. The zero-order valence-electron chi connectivity index (χ0n) is 11.7. The summed E-state index contributed by atoms with van der Waals surface area (Å²) in [6, 6.07) is 8.11. The van der Waals surface area contributed by atoms with Gasteiger partial charge in [0.25, 0.3) is 0 Å². The van der Waals surface area contributed by atoms with E-state index >= 15 is 0 Å². The highest BCUT2D eigenvalue weighted by Gasteiger charge is 2.38. The Labute approximate surface area is 123 Å². The van der Waals surface area contributed by atoms with E-state index < -0.39 is 0 Å². The van der Waals surface area contributed by atoms with Crippen molar-refractivity contribution in [1.82, 2.24) is 15.3 Å². The van der Waals surface area contributed by atoms with Gasteiger partial charge >= 0.3 is 0 Å². The van der Waals surface area contributed by atoms with Gasteiger partial charge < -0.3 is 15.4 Å². The van der Waals surface area contributed by atoms with Gasteiger partial charge in [-0.3, -0.25) is 0 Å². The monoisotopic (exact) mass is 291 g/mol.